The molecular weight excluding hydrogens is 306 g/mol. The van der Waals surface area contributed by atoms with Gasteiger partial charge in [-0.1, -0.05) is 20.8 Å². The summed E-state index contributed by atoms with van der Waals surface area (Å²) in [5, 5.41) is 19.2. The van der Waals surface area contributed by atoms with Crippen LogP contribution in [0.25, 0.3) is 0 Å². The second kappa shape index (κ2) is 6.12. The van der Waals surface area contributed by atoms with Gasteiger partial charge in [0.2, 0.25) is 5.91 Å². The van der Waals surface area contributed by atoms with E-state index in [0.717, 1.165) is 6.42 Å². The average Bonchev–Trinajstić information content (AvgIpc) is 2.65. The Labute approximate surface area is 132 Å². The highest BCUT2D eigenvalue weighted by molar-refractivity contribution is 7.89. The van der Waals surface area contributed by atoms with Crippen molar-refractivity contribution in [2.45, 2.75) is 46.3 Å². The van der Waals surface area contributed by atoms with Crippen molar-refractivity contribution in [3.8, 4) is 0 Å². The Morgan fingerprint density at radius 2 is 1.95 bits per heavy atom. The predicted molar refractivity (Wildman–Crippen MR) is 82.1 cm³/mol. The summed E-state index contributed by atoms with van der Waals surface area (Å²) in [5.41, 5.74) is -0.138. The van der Waals surface area contributed by atoms with E-state index in [1.165, 1.54) is 11.8 Å². The van der Waals surface area contributed by atoms with Gasteiger partial charge in [0.05, 0.1) is 33.8 Å². The summed E-state index contributed by atoms with van der Waals surface area (Å²) in [7, 11) is -1.42. The third kappa shape index (κ3) is 2.60. The zero-order valence-electron chi connectivity index (χ0n) is 13.3. The molecule has 7 heteroatoms. The van der Waals surface area contributed by atoms with Crippen molar-refractivity contribution in [1.29, 1.82) is 0 Å². The monoisotopic (exact) mass is 329 g/mol. The minimum absolute atomic E-state index is 0.138. The predicted octanol–water partition coefficient (Wildman–Crippen LogP) is 0.935. The maximum absolute atomic E-state index is 12.6. The molecule has 124 valence electrons. The Balaban J connectivity index is 2.33. The number of aliphatic hydroxyl groups excluding tert-OH is 1. The molecule has 0 aromatic carbocycles. The number of carbonyl (C=O) groups excluding carboxylic acids is 1. The molecule has 2 aliphatic heterocycles. The lowest BCUT2D eigenvalue weighted by atomic mass is 9.79. The molecule has 2 heterocycles. The number of carbonyl (C=O) groups is 2. The molecular formula is C15H23NO5S. The van der Waals surface area contributed by atoms with Crippen LogP contribution in [-0.2, 0) is 20.4 Å². The molecule has 1 amide bonds. The summed E-state index contributed by atoms with van der Waals surface area (Å²) in [6.07, 6.45) is -0.108. The zero-order valence-corrected chi connectivity index (χ0v) is 14.1. The molecule has 0 radical (unpaired) electrons. The van der Waals surface area contributed by atoms with Crippen molar-refractivity contribution in [2.75, 3.05) is 5.75 Å². The quantitative estimate of drug-likeness (QED) is 0.707. The smallest absolute Gasteiger partial charge is 0.353 e. The fraction of sp³-hybridized carbons (Fsp3) is 0.733. The summed E-state index contributed by atoms with van der Waals surface area (Å²) < 4.78 is 12.6. The van der Waals surface area contributed by atoms with Gasteiger partial charge in [-0.25, -0.2) is 4.79 Å². The van der Waals surface area contributed by atoms with E-state index in [0.29, 0.717) is 16.6 Å². The van der Waals surface area contributed by atoms with Gasteiger partial charge in [-0.2, -0.15) is 0 Å². The van der Waals surface area contributed by atoms with Gasteiger partial charge in [-0.3, -0.25) is 9.00 Å². The summed E-state index contributed by atoms with van der Waals surface area (Å²) >= 11 is 0. The number of nitrogens with zero attached hydrogens (tertiary/aromatic N) is 1. The fourth-order valence-corrected chi connectivity index (χ4v) is 5.14. The van der Waals surface area contributed by atoms with E-state index in [-0.39, 0.29) is 17.5 Å². The van der Waals surface area contributed by atoms with Crippen LogP contribution in [0.5, 0.6) is 0 Å². The Bertz CT molecular complexity index is 554. The molecule has 1 saturated heterocycles. The van der Waals surface area contributed by atoms with Crippen LogP contribution in [0.2, 0.25) is 0 Å². The number of amides is 1. The molecule has 0 aromatic heterocycles. The topological polar surface area (TPSA) is 94.9 Å². The summed E-state index contributed by atoms with van der Waals surface area (Å²) in [6, 6.07) is -0.392. The first-order valence-electron chi connectivity index (χ1n) is 7.55. The Hall–Kier alpha value is -1.21. The highest BCUT2D eigenvalue weighted by atomic mass is 32.2. The standard InChI is InChI=1S/C15H23NO5S/c1-7(2)5-6-22(21)13-8(3)11-10(9(4)17)14(18)16(11)12(13)15(19)20/h7-11,17H,5-6H2,1-4H3,(H,19,20). The molecule has 0 aliphatic carbocycles. The first-order chi connectivity index (χ1) is 10.2. The van der Waals surface area contributed by atoms with Crippen LogP contribution in [0, 0.1) is 17.8 Å². The van der Waals surface area contributed by atoms with E-state index in [1.807, 2.05) is 13.8 Å². The molecule has 0 saturated carbocycles. The van der Waals surface area contributed by atoms with Gasteiger partial charge < -0.3 is 15.1 Å². The normalized spacial score (nSPS) is 30.4. The maximum Gasteiger partial charge on any atom is 0.353 e. The van der Waals surface area contributed by atoms with Crippen LogP contribution < -0.4 is 0 Å². The highest BCUT2D eigenvalue weighted by Gasteiger charge is 2.60. The number of carboxylic acids is 1. The average molecular weight is 329 g/mol. The van der Waals surface area contributed by atoms with E-state index >= 15 is 0 Å². The van der Waals surface area contributed by atoms with Crippen molar-refractivity contribution in [1.82, 2.24) is 4.90 Å². The third-order valence-electron chi connectivity index (χ3n) is 4.44. The second-order valence-corrected chi connectivity index (χ2v) is 8.04. The van der Waals surface area contributed by atoms with Crippen LogP contribution in [0.3, 0.4) is 0 Å². The van der Waals surface area contributed by atoms with E-state index in [2.05, 4.69) is 0 Å². The number of hydrogen-bond donors (Lipinski definition) is 2. The number of fused-ring (bicyclic) bond motifs is 1. The molecule has 0 spiro atoms. The Morgan fingerprint density at radius 1 is 1.36 bits per heavy atom. The number of hydrogen-bond acceptors (Lipinski definition) is 4. The van der Waals surface area contributed by atoms with E-state index < -0.39 is 34.8 Å². The molecule has 5 unspecified atom stereocenters. The van der Waals surface area contributed by atoms with Crippen LogP contribution in [0.15, 0.2) is 10.6 Å². The van der Waals surface area contributed by atoms with E-state index in [1.54, 1.807) is 6.92 Å². The van der Waals surface area contributed by atoms with Crippen molar-refractivity contribution in [3.63, 3.8) is 0 Å². The van der Waals surface area contributed by atoms with Crippen LogP contribution >= 0.6 is 0 Å². The second-order valence-electron chi connectivity index (χ2n) is 6.50. The number of β-lactam (4-membered cyclic amide) rings is 1. The molecule has 5 atom stereocenters. The van der Waals surface area contributed by atoms with Gasteiger partial charge in [0, 0.05) is 11.7 Å². The van der Waals surface area contributed by atoms with Crippen molar-refractivity contribution in [2.24, 2.45) is 17.8 Å². The van der Waals surface area contributed by atoms with Crippen LogP contribution in [-0.4, -0.2) is 49.1 Å². The lowest BCUT2D eigenvalue weighted by Crippen LogP contribution is -2.63. The Kier molecular flexibility index (Phi) is 4.77. The van der Waals surface area contributed by atoms with Crippen LogP contribution in [0.4, 0.5) is 0 Å². The van der Waals surface area contributed by atoms with Crippen molar-refractivity contribution >= 4 is 22.7 Å². The first kappa shape index (κ1) is 17.1. The van der Waals surface area contributed by atoms with Gasteiger partial charge in [-0.05, 0) is 19.3 Å². The number of carboxylic acid groups (broad SMARTS) is 1. The Morgan fingerprint density at radius 3 is 2.41 bits per heavy atom. The fourth-order valence-electron chi connectivity index (χ4n) is 3.28. The highest BCUT2D eigenvalue weighted by Crippen LogP contribution is 2.48. The molecule has 2 rings (SSSR count). The summed E-state index contributed by atoms with van der Waals surface area (Å²) in [4.78, 5) is 25.3. The number of aliphatic hydroxyl groups is 1. The zero-order chi connectivity index (χ0) is 16.8. The van der Waals surface area contributed by atoms with Gasteiger partial charge in [-0.15, -0.1) is 0 Å². The van der Waals surface area contributed by atoms with Crippen LogP contribution in [0.1, 0.15) is 34.1 Å². The van der Waals surface area contributed by atoms with Gasteiger partial charge in [0.1, 0.15) is 5.70 Å². The van der Waals surface area contributed by atoms with Crippen molar-refractivity contribution in [3.05, 3.63) is 10.6 Å². The third-order valence-corrected chi connectivity index (χ3v) is 6.10. The minimum Gasteiger partial charge on any atom is -0.477 e. The lowest BCUT2D eigenvalue weighted by Gasteiger charge is -2.46. The van der Waals surface area contributed by atoms with Crippen molar-refractivity contribution < 1.29 is 24.0 Å². The number of rotatable bonds is 6. The van der Waals surface area contributed by atoms with Gasteiger partial charge >= 0.3 is 5.97 Å². The largest absolute Gasteiger partial charge is 0.477 e. The molecule has 1 fully saturated rings. The van der Waals surface area contributed by atoms with E-state index in [4.69, 9.17) is 0 Å². The summed E-state index contributed by atoms with van der Waals surface area (Å²) in [5.74, 6) is -1.76. The molecule has 2 N–H and O–H groups in total. The van der Waals surface area contributed by atoms with Gasteiger partial charge in [0.15, 0.2) is 0 Å². The SMILES string of the molecule is CC(C)CCS(=O)C1=C(C(=O)O)N2C(=O)C(C(C)O)C2C1C. The maximum atomic E-state index is 12.6. The molecule has 22 heavy (non-hydrogen) atoms. The van der Waals surface area contributed by atoms with E-state index in [9.17, 15) is 24.0 Å². The molecule has 0 bridgehead atoms. The molecule has 6 nitrogen and oxygen atoms in total. The first-order valence-corrected chi connectivity index (χ1v) is 8.87. The molecule has 2 aliphatic rings. The lowest BCUT2D eigenvalue weighted by molar-refractivity contribution is -0.163. The molecule has 0 aromatic rings. The minimum atomic E-state index is -1.42. The summed E-state index contributed by atoms with van der Waals surface area (Å²) in [6.45, 7) is 7.35. The number of aliphatic carboxylic acids is 1. The van der Waals surface area contributed by atoms with Gasteiger partial charge in [0.25, 0.3) is 0 Å².